The van der Waals surface area contributed by atoms with Crippen molar-refractivity contribution in [2.45, 2.75) is 19.9 Å². The van der Waals surface area contributed by atoms with Gasteiger partial charge in [-0.05, 0) is 48.9 Å². The van der Waals surface area contributed by atoms with Gasteiger partial charge in [-0.2, -0.15) is 0 Å². The summed E-state index contributed by atoms with van der Waals surface area (Å²) >= 11 is 0. The highest BCUT2D eigenvalue weighted by atomic mass is 16.5. The maximum absolute atomic E-state index is 12.8. The largest absolute Gasteiger partial charge is 0.497 e. The molecule has 148 valence electrons. The van der Waals surface area contributed by atoms with Crippen molar-refractivity contribution in [1.82, 2.24) is 4.90 Å². The first-order valence-corrected chi connectivity index (χ1v) is 9.43. The van der Waals surface area contributed by atoms with E-state index in [-0.39, 0.29) is 24.2 Å². The highest BCUT2D eigenvalue weighted by Crippen LogP contribution is 2.28. The fraction of sp³-hybridized carbons (Fsp3) is 0.364. The second-order valence-corrected chi connectivity index (χ2v) is 6.87. The summed E-state index contributed by atoms with van der Waals surface area (Å²) in [6.07, 6.45) is 0.235. The first kappa shape index (κ1) is 19.7. The van der Waals surface area contributed by atoms with Gasteiger partial charge in [-0.15, -0.1) is 0 Å². The first-order chi connectivity index (χ1) is 13.5. The van der Waals surface area contributed by atoms with Crippen LogP contribution >= 0.6 is 0 Å². The lowest BCUT2D eigenvalue weighted by Gasteiger charge is -2.22. The molecule has 1 aliphatic rings. The molecule has 28 heavy (non-hydrogen) atoms. The average Bonchev–Trinajstić information content (AvgIpc) is 3.10. The predicted molar refractivity (Wildman–Crippen MR) is 108 cm³/mol. The Labute approximate surface area is 165 Å². The van der Waals surface area contributed by atoms with Gasteiger partial charge in [-0.25, -0.2) is 0 Å². The molecule has 0 aromatic heterocycles. The molecule has 2 aromatic rings. The van der Waals surface area contributed by atoms with Gasteiger partial charge in [-0.3, -0.25) is 9.59 Å². The third kappa shape index (κ3) is 4.44. The summed E-state index contributed by atoms with van der Waals surface area (Å²) in [6, 6.07) is 15.0. The number of carbonyl (C=O) groups is 2. The monoisotopic (exact) mass is 382 g/mol. The van der Waals surface area contributed by atoms with Crippen molar-refractivity contribution in [1.29, 1.82) is 0 Å². The SMILES string of the molecule is CCOc1ccc(N2CC(C(=O)N(C)Cc3ccc(OC)cc3)CC2=O)cc1. The van der Waals surface area contributed by atoms with Gasteiger partial charge >= 0.3 is 0 Å². The Kier molecular flexibility index (Phi) is 6.19. The van der Waals surface area contributed by atoms with Gasteiger partial charge in [-0.1, -0.05) is 12.1 Å². The number of amides is 2. The topological polar surface area (TPSA) is 59.1 Å². The number of anilines is 1. The maximum atomic E-state index is 12.8. The molecule has 2 aromatic carbocycles. The van der Waals surface area contributed by atoms with E-state index in [0.717, 1.165) is 22.7 Å². The van der Waals surface area contributed by atoms with E-state index in [1.54, 1.807) is 24.0 Å². The molecule has 0 N–H and O–H groups in total. The lowest BCUT2D eigenvalue weighted by Crippen LogP contribution is -2.34. The molecule has 2 amide bonds. The Balaban J connectivity index is 1.62. The molecule has 0 saturated carbocycles. The average molecular weight is 382 g/mol. The summed E-state index contributed by atoms with van der Waals surface area (Å²) in [5.41, 5.74) is 1.81. The maximum Gasteiger partial charge on any atom is 0.228 e. The summed E-state index contributed by atoms with van der Waals surface area (Å²) < 4.78 is 10.6. The van der Waals surface area contributed by atoms with E-state index in [9.17, 15) is 9.59 Å². The second kappa shape index (κ2) is 8.78. The van der Waals surface area contributed by atoms with Crippen LogP contribution < -0.4 is 14.4 Å². The summed E-state index contributed by atoms with van der Waals surface area (Å²) in [4.78, 5) is 28.7. The number of hydrogen-bond donors (Lipinski definition) is 0. The van der Waals surface area contributed by atoms with Gasteiger partial charge in [0.2, 0.25) is 11.8 Å². The van der Waals surface area contributed by atoms with Crippen molar-refractivity contribution in [2.24, 2.45) is 5.92 Å². The number of benzene rings is 2. The summed E-state index contributed by atoms with van der Waals surface area (Å²) in [5, 5.41) is 0. The Morgan fingerprint density at radius 3 is 2.36 bits per heavy atom. The fourth-order valence-corrected chi connectivity index (χ4v) is 3.41. The van der Waals surface area contributed by atoms with Crippen molar-refractivity contribution in [3.63, 3.8) is 0 Å². The standard InChI is InChI=1S/C22H26N2O4/c1-4-28-20-11-7-18(8-12-20)24-15-17(13-21(24)25)22(26)23(2)14-16-5-9-19(27-3)10-6-16/h5-12,17H,4,13-15H2,1-3H3. The van der Waals surface area contributed by atoms with Gasteiger partial charge in [0.1, 0.15) is 11.5 Å². The minimum absolute atomic E-state index is 0.0161. The molecule has 1 unspecified atom stereocenters. The van der Waals surface area contributed by atoms with Crippen LogP contribution in [0.15, 0.2) is 48.5 Å². The van der Waals surface area contributed by atoms with Gasteiger partial charge in [0.15, 0.2) is 0 Å². The van der Waals surface area contributed by atoms with E-state index in [1.165, 1.54) is 0 Å². The number of hydrogen-bond acceptors (Lipinski definition) is 4. The quantitative estimate of drug-likeness (QED) is 0.738. The zero-order valence-electron chi connectivity index (χ0n) is 16.6. The van der Waals surface area contributed by atoms with E-state index >= 15 is 0 Å². The van der Waals surface area contributed by atoms with Crippen LogP contribution in [0.25, 0.3) is 0 Å². The molecule has 1 atom stereocenters. The molecule has 1 heterocycles. The van der Waals surface area contributed by atoms with Crippen LogP contribution in [0.1, 0.15) is 18.9 Å². The van der Waals surface area contributed by atoms with Gasteiger partial charge < -0.3 is 19.3 Å². The van der Waals surface area contributed by atoms with Crippen LogP contribution in [0.2, 0.25) is 0 Å². The van der Waals surface area contributed by atoms with Crippen molar-refractivity contribution >= 4 is 17.5 Å². The van der Waals surface area contributed by atoms with Crippen LogP contribution in [-0.2, 0) is 16.1 Å². The van der Waals surface area contributed by atoms with Crippen LogP contribution in [0, 0.1) is 5.92 Å². The van der Waals surface area contributed by atoms with Crippen LogP contribution in [0.3, 0.4) is 0 Å². The molecule has 0 spiro atoms. The summed E-state index contributed by atoms with van der Waals surface area (Å²) in [7, 11) is 3.40. The first-order valence-electron chi connectivity index (χ1n) is 9.43. The Morgan fingerprint density at radius 1 is 1.11 bits per heavy atom. The van der Waals surface area contributed by atoms with Crippen molar-refractivity contribution in [3.05, 3.63) is 54.1 Å². The van der Waals surface area contributed by atoms with E-state index in [0.29, 0.717) is 19.7 Å². The smallest absolute Gasteiger partial charge is 0.228 e. The minimum Gasteiger partial charge on any atom is -0.497 e. The number of rotatable bonds is 7. The van der Waals surface area contributed by atoms with Gasteiger partial charge in [0, 0.05) is 32.2 Å². The molecule has 6 heteroatoms. The second-order valence-electron chi connectivity index (χ2n) is 6.87. The zero-order valence-corrected chi connectivity index (χ0v) is 16.6. The highest BCUT2D eigenvalue weighted by molar-refractivity contribution is 6.00. The van der Waals surface area contributed by atoms with E-state index in [4.69, 9.17) is 9.47 Å². The fourth-order valence-electron chi connectivity index (χ4n) is 3.41. The molecule has 3 rings (SSSR count). The van der Waals surface area contributed by atoms with E-state index in [1.807, 2.05) is 55.5 Å². The number of carbonyl (C=O) groups excluding carboxylic acids is 2. The third-order valence-corrected chi connectivity index (χ3v) is 4.89. The normalized spacial score (nSPS) is 16.2. The number of nitrogens with zero attached hydrogens (tertiary/aromatic N) is 2. The van der Waals surface area contributed by atoms with Crippen LogP contribution in [0.4, 0.5) is 5.69 Å². The molecular formula is C22H26N2O4. The van der Waals surface area contributed by atoms with Gasteiger partial charge in [0.25, 0.3) is 0 Å². The third-order valence-electron chi connectivity index (χ3n) is 4.89. The van der Waals surface area contributed by atoms with Crippen molar-refractivity contribution in [3.8, 4) is 11.5 Å². The predicted octanol–water partition coefficient (Wildman–Crippen LogP) is 3.11. The Bertz CT molecular complexity index is 817. The lowest BCUT2D eigenvalue weighted by atomic mass is 10.1. The van der Waals surface area contributed by atoms with Crippen LogP contribution in [0.5, 0.6) is 11.5 Å². The molecule has 6 nitrogen and oxygen atoms in total. The molecule has 0 radical (unpaired) electrons. The molecule has 1 saturated heterocycles. The Hall–Kier alpha value is -3.02. The summed E-state index contributed by atoms with van der Waals surface area (Å²) in [6.45, 7) is 3.42. The van der Waals surface area contributed by atoms with Crippen molar-refractivity contribution in [2.75, 3.05) is 32.2 Å². The minimum atomic E-state index is -0.331. The molecular weight excluding hydrogens is 356 g/mol. The molecule has 0 aliphatic carbocycles. The highest BCUT2D eigenvalue weighted by Gasteiger charge is 2.36. The molecule has 1 fully saturated rings. The summed E-state index contributed by atoms with van der Waals surface area (Å²) in [5.74, 6) is 1.18. The van der Waals surface area contributed by atoms with Crippen molar-refractivity contribution < 1.29 is 19.1 Å². The number of ether oxygens (including phenoxy) is 2. The van der Waals surface area contributed by atoms with Gasteiger partial charge in [0.05, 0.1) is 19.6 Å². The Morgan fingerprint density at radius 2 is 1.75 bits per heavy atom. The van der Waals surface area contributed by atoms with E-state index in [2.05, 4.69) is 0 Å². The lowest BCUT2D eigenvalue weighted by molar-refractivity contribution is -0.135. The molecule has 0 bridgehead atoms. The zero-order chi connectivity index (χ0) is 20.1. The van der Waals surface area contributed by atoms with Crippen LogP contribution in [-0.4, -0.2) is 44.0 Å². The number of methoxy groups -OCH3 is 1. The van der Waals surface area contributed by atoms with E-state index < -0.39 is 0 Å². The molecule has 1 aliphatic heterocycles.